The van der Waals surface area contributed by atoms with Gasteiger partial charge in [0.2, 0.25) is 0 Å². The van der Waals surface area contributed by atoms with Crippen LogP contribution in [0.15, 0.2) is 24.3 Å². The number of nitrogens with zero attached hydrogens (tertiary/aromatic N) is 4. The van der Waals surface area contributed by atoms with Gasteiger partial charge < -0.3 is 10.0 Å². The van der Waals surface area contributed by atoms with Crippen molar-refractivity contribution in [3.8, 4) is 6.07 Å². The van der Waals surface area contributed by atoms with E-state index in [0.717, 1.165) is 6.07 Å². The number of carboxylic acids is 1. The van der Waals surface area contributed by atoms with E-state index in [9.17, 15) is 33.3 Å². The first-order valence-electron chi connectivity index (χ1n) is 7.65. The number of aromatic nitrogens is 1. The molecule has 140 valence electrons. The van der Waals surface area contributed by atoms with Crippen molar-refractivity contribution in [1.29, 1.82) is 5.26 Å². The van der Waals surface area contributed by atoms with Crippen LogP contribution in [-0.4, -0.2) is 40.2 Å². The molecule has 11 heteroatoms. The first-order chi connectivity index (χ1) is 12.6. The van der Waals surface area contributed by atoms with E-state index < -0.39 is 42.0 Å². The van der Waals surface area contributed by atoms with Gasteiger partial charge in [-0.2, -0.15) is 18.4 Å². The third kappa shape index (κ3) is 3.33. The monoisotopic (exact) mass is 380 g/mol. The molecule has 0 saturated carbocycles. The van der Waals surface area contributed by atoms with Crippen LogP contribution in [0, 0.1) is 33.3 Å². The molecule has 2 heterocycles. The van der Waals surface area contributed by atoms with Gasteiger partial charge in [0.05, 0.1) is 33.9 Å². The summed E-state index contributed by atoms with van der Waals surface area (Å²) in [5.41, 5.74) is -0.0594. The maximum absolute atomic E-state index is 13.2. The molecule has 27 heavy (non-hydrogen) atoms. The number of hydrogen-bond acceptors (Lipinski definition) is 6. The summed E-state index contributed by atoms with van der Waals surface area (Å²) in [6.07, 6.45) is -4.69. The third-order valence-corrected chi connectivity index (χ3v) is 4.49. The van der Waals surface area contributed by atoms with Crippen LogP contribution in [0.5, 0.6) is 0 Å². The standard InChI is InChI=1S/C16H11F3N4O4/c17-16(18,19)12-7-22(6-11(12)15(24)25)14-3-8(5-20)10-4-9(23(26)27)1-2-13(10)21-14/h1-4,11-12H,6-7H2,(H,24,25)/t11-,12-/m1/s1. The number of anilines is 1. The van der Waals surface area contributed by atoms with Crippen molar-refractivity contribution in [3.05, 3.63) is 39.9 Å². The smallest absolute Gasteiger partial charge is 0.394 e. The summed E-state index contributed by atoms with van der Waals surface area (Å²) < 4.78 is 39.5. The minimum absolute atomic E-state index is 0.000957. The van der Waals surface area contributed by atoms with Crippen LogP contribution in [0.3, 0.4) is 0 Å². The van der Waals surface area contributed by atoms with Crippen LogP contribution < -0.4 is 4.90 Å². The molecule has 1 N–H and O–H groups in total. The summed E-state index contributed by atoms with van der Waals surface area (Å²) in [6.45, 7) is -1.01. The number of nitro groups is 1. The fraction of sp³-hybridized carbons (Fsp3) is 0.312. The molecule has 0 bridgehead atoms. The average molecular weight is 380 g/mol. The number of alkyl halides is 3. The molecule has 0 radical (unpaired) electrons. The van der Waals surface area contributed by atoms with E-state index in [1.54, 1.807) is 0 Å². The van der Waals surface area contributed by atoms with Crippen LogP contribution >= 0.6 is 0 Å². The van der Waals surface area contributed by atoms with E-state index >= 15 is 0 Å². The highest BCUT2D eigenvalue weighted by molar-refractivity contribution is 5.88. The molecule has 2 aromatic rings. The Morgan fingerprint density at radius 3 is 2.59 bits per heavy atom. The van der Waals surface area contributed by atoms with Crippen molar-refractivity contribution in [1.82, 2.24) is 4.98 Å². The average Bonchev–Trinajstić information content (AvgIpc) is 3.06. The molecule has 0 unspecified atom stereocenters. The molecule has 1 aromatic heterocycles. The minimum atomic E-state index is -4.69. The molecule has 1 aliphatic heterocycles. The van der Waals surface area contributed by atoms with Gasteiger partial charge in [-0.1, -0.05) is 0 Å². The lowest BCUT2D eigenvalue weighted by Crippen LogP contribution is -2.33. The zero-order chi connectivity index (χ0) is 19.9. The lowest BCUT2D eigenvalue weighted by Gasteiger charge is -2.19. The zero-order valence-corrected chi connectivity index (χ0v) is 13.5. The summed E-state index contributed by atoms with van der Waals surface area (Å²) >= 11 is 0. The number of benzene rings is 1. The molecule has 1 aromatic carbocycles. The van der Waals surface area contributed by atoms with Gasteiger partial charge in [-0.25, -0.2) is 4.98 Å². The number of fused-ring (bicyclic) bond motifs is 1. The van der Waals surface area contributed by atoms with Gasteiger partial charge >= 0.3 is 12.1 Å². The van der Waals surface area contributed by atoms with Gasteiger partial charge in [0.25, 0.3) is 5.69 Å². The Morgan fingerprint density at radius 2 is 2.07 bits per heavy atom. The molecule has 8 nitrogen and oxygen atoms in total. The van der Waals surface area contributed by atoms with Crippen LogP contribution in [0.25, 0.3) is 10.9 Å². The lowest BCUT2D eigenvalue weighted by atomic mass is 9.96. The number of non-ortho nitro benzene ring substituents is 1. The maximum Gasteiger partial charge on any atom is 0.394 e. The van der Waals surface area contributed by atoms with Gasteiger partial charge in [0.1, 0.15) is 5.82 Å². The van der Waals surface area contributed by atoms with E-state index in [1.165, 1.54) is 23.1 Å². The van der Waals surface area contributed by atoms with Crippen LogP contribution in [0.2, 0.25) is 0 Å². The predicted octanol–water partition coefficient (Wildman–Crippen LogP) is 2.71. The van der Waals surface area contributed by atoms with Crippen LogP contribution in [0.4, 0.5) is 24.7 Å². The Balaban J connectivity index is 2.05. The van der Waals surface area contributed by atoms with Crippen LogP contribution in [-0.2, 0) is 4.79 Å². The van der Waals surface area contributed by atoms with Crippen molar-refractivity contribution in [2.75, 3.05) is 18.0 Å². The minimum Gasteiger partial charge on any atom is -0.481 e. The molecule has 1 fully saturated rings. The predicted molar refractivity (Wildman–Crippen MR) is 86.0 cm³/mol. The number of halogens is 3. The van der Waals surface area contributed by atoms with E-state index in [0.29, 0.717) is 0 Å². The SMILES string of the molecule is N#Cc1cc(N2C[C@@H](C(F)(F)F)[C@H](C(=O)O)C2)nc2ccc([N+](=O)[O-])cc12. The lowest BCUT2D eigenvalue weighted by molar-refractivity contribution is -0.384. The molecular weight excluding hydrogens is 369 g/mol. The molecule has 0 spiro atoms. The van der Waals surface area contributed by atoms with Gasteiger partial charge in [-0.15, -0.1) is 0 Å². The summed E-state index contributed by atoms with van der Waals surface area (Å²) in [5.74, 6) is -5.25. The maximum atomic E-state index is 13.2. The normalized spacial score (nSPS) is 19.9. The van der Waals surface area contributed by atoms with Gasteiger partial charge in [-0.05, 0) is 12.1 Å². The highest BCUT2D eigenvalue weighted by Gasteiger charge is 2.52. The molecular formula is C16H11F3N4O4. The van der Waals surface area contributed by atoms with Gasteiger partial charge in [0, 0.05) is 30.6 Å². The number of rotatable bonds is 3. The number of nitro benzene ring substituents is 1. The van der Waals surface area contributed by atoms with Gasteiger partial charge in [0.15, 0.2) is 0 Å². The second-order valence-corrected chi connectivity index (χ2v) is 6.10. The Kier molecular flexibility index (Phi) is 4.35. The number of hydrogen-bond donors (Lipinski definition) is 1. The summed E-state index contributed by atoms with van der Waals surface area (Å²) in [6, 6.07) is 6.68. The Morgan fingerprint density at radius 1 is 1.37 bits per heavy atom. The largest absolute Gasteiger partial charge is 0.481 e. The highest BCUT2D eigenvalue weighted by Crippen LogP contribution is 2.39. The fourth-order valence-electron chi connectivity index (χ4n) is 3.14. The zero-order valence-electron chi connectivity index (χ0n) is 13.5. The summed E-state index contributed by atoms with van der Waals surface area (Å²) in [7, 11) is 0. The first-order valence-corrected chi connectivity index (χ1v) is 7.65. The van der Waals surface area contributed by atoms with Crippen molar-refractivity contribution >= 4 is 28.4 Å². The second-order valence-electron chi connectivity index (χ2n) is 6.10. The first kappa shape index (κ1) is 18.4. The van der Waals surface area contributed by atoms with Crippen molar-refractivity contribution in [2.24, 2.45) is 11.8 Å². The topological polar surface area (TPSA) is 120 Å². The Bertz CT molecular complexity index is 986. The van der Waals surface area contributed by atoms with E-state index in [2.05, 4.69) is 4.98 Å². The molecule has 2 atom stereocenters. The molecule has 1 saturated heterocycles. The van der Waals surface area contributed by atoms with E-state index in [-0.39, 0.29) is 28.0 Å². The number of carboxylic acid groups (broad SMARTS) is 1. The molecule has 3 rings (SSSR count). The Labute approximate surface area is 149 Å². The van der Waals surface area contributed by atoms with E-state index in [1.807, 2.05) is 6.07 Å². The summed E-state index contributed by atoms with van der Waals surface area (Å²) in [4.78, 5) is 26.8. The van der Waals surface area contributed by atoms with E-state index in [4.69, 9.17) is 5.11 Å². The van der Waals surface area contributed by atoms with Crippen molar-refractivity contribution in [3.63, 3.8) is 0 Å². The number of aliphatic carboxylic acids is 1. The van der Waals surface area contributed by atoms with Crippen LogP contribution in [0.1, 0.15) is 5.56 Å². The molecule has 0 aliphatic carbocycles. The summed E-state index contributed by atoms with van der Waals surface area (Å²) in [5, 5.41) is 29.5. The second kappa shape index (κ2) is 6.39. The molecule has 0 amide bonds. The van der Waals surface area contributed by atoms with Crippen molar-refractivity contribution in [2.45, 2.75) is 6.18 Å². The number of carbonyl (C=O) groups is 1. The fourth-order valence-corrected chi connectivity index (χ4v) is 3.14. The van der Waals surface area contributed by atoms with Crippen molar-refractivity contribution < 1.29 is 28.0 Å². The molecule has 1 aliphatic rings. The van der Waals surface area contributed by atoms with Gasteiger partial charge in [-0.3, -0.25) is 14.9 Å². The number of pyridine rings is 1. The highest BCUT2D eigenvalue weighted by atomic mass is 19.4. The third-order valence-electron chi connectivity index (χ3n) is 4.49. The quantitative estimate of drug-likeness (QED) is 0.642. The Hall–Kier alpha value is -3.42. The number of nitriles is 1.